The molecule has 3 aliphatic rings. The van der Waals surface area contributed by atoms with Gasteiger partial charge in [-0.25, -0.2) is 0 Å². The van der Waals surface area contributed by atoms with Crippen molar-refractivity contribution in [2.24, 2.45) is 11.7 Å². The SMILES string of the molecule is NCCC1CCCN(Cc2ccc3c(c2)C(=O)N(C2CCC(=O)NC2=O)C3=O)C1. The molecule has 3 aliphatic heterocycles. The van der Waals surface area contributed by atoms with E-state index in [0.717, 1.165) is 36.4 Å². The molecule has 2 saturated heterocycles. The van der Waals surface area contributed by atoms with E-state index in [2.05, 4.69) is 10.2 Å². The van der Waals surface area contributed by atoms with E-state index in [-0.39, 0.29) is 18.7 Å². The van der Waals surface area contributed by atoms with Crippen LogP contribution in [0.1, 0.15) is 58.4 Å². The molecule has 154 valence electrons. The molecule has 0 saturated carbocycles. The number of likely N-dealkylation sites (tertiary alicyclic amines) is 1. The topological polar surface area (TPSA) is 113 Å². The molecule has 0 aromatic heterocycles. The minimum atomic E-state index is -0.928. The van der Waals surface area contributed by atoms with E-state index in [9.17, 15) is 19.2 Å². The Hall–Kier alpha value is -2.58. The molecule has 3 N–H and O–H groups in total. The molecule has 0 spiro atoms. The minimum absolute atomic E-state index is 0.119. The molecule has 1 aromatic carbocycles. The summed E-state index contributed by atoms with van der Waals surface area (Å²) in [5.41, 5.74) is 7.34. The molecular weight excluding hydrogens is 372 g/mol. The van der Waals surface area contributed by atoms with Crippen LogP contribution in [-0.2, 0) is 16.1 Å². The van der Waals surface area contributed by atoms with Crippen molar-refractivity contribution in [1.29, 1.82) is 0 Å². The number of carbonyl (C=O) groups is 4. The predicted octanol–water partition coefficient (Wildman–Crippen LogP) is 0.649. The van der Waals surface area contributed by atoms with Crippen LogP contribution < -0.4 is 11.1 Å². The lowest BCUT2D eigenvalue weighted by molar-refractivity contribution is -0.136. The summed E-state index contributed by atoms with van der Waals surface area (Å²) in [6, 6.07) is 4.40. The summed E-state index contributed by atoms with van der Waals surface area (Å²) in [7, 11) is 0. The van der Waals surface area contributed by atoms with Gasteiger partial charge in [0.15, 0.2) is 0 Å². The lowest BCUT2D eigenvalue weighted by Gasteiger charge is -2.32. The van der Waals surface area contributed by atoms with E-state index in [1.165, 1.54) is 6.42 Å². The summed E-state index contributed by atoms with van der Waals surface area (Å²) in [5, 5.41) is 2.21. The van der Waals surface area contributed by atoms with E-state index in [4.69, 9.17) is 5.73 Å². The quantitative estimate of drug-likeness (QED) is 0.704. The third kappa shape index (κ3) is 3.82. The van der Waals surface area contributed by atoms with Gasteiger partial charge < -0.3 is 5.73 Å². The molecule has 2 fully saturated rings. The number of amides is 4. The Morgan fingerprint density at radius 1 is 1.07 bits per heavy atom. The highest BCUT2D eigenvalue weighted by molar-refractivity contribution is 6.23. The number of nitrogens with one attached hydrogen (secondary N) is 1. The first-order chi connectivity index (χ1) is 14.0. The third-order valence-electron chi connectivity index (χ3n) is 6.09. The number of nitrogens with zero attached hydrogens (tertiary/aromatic N) is 2. The second kappa shape index (κ2) is 8.04. The first kappa shape index (κ1) is 19.7. The van der Waals surface area contributed by atoms with Gasteiger partial charge in [0.2, 0.25) is 11.8 Å². The molecule has 1 aromatic rings. The summed E-state index contributed by atoms with van der Waals surface area (Å²) in [6.45, 7) is 3.41. The van der Waals surface area contributed by atoms with Crippen molar-refractivity contribution in [2.45, 2.75) is 44.7 Å². The van der Waals surface area contributed by atoms with Crippen molar-refractivity contribution in [1.82, 2.24) is 15.1 Å². The van der Waals surface area contributed by atoms with Gasteiger partial charge in [0, 0.05) is 19.5 Å². The number of carbonyl (C=O) groups excluding carboxylic acids is 4. The van der Waals surface area contributed by atoms with Gasteiger partial charge in [-0.1, -0.05) is 6.07 Å². The summed E-state index contributed by atoms with van der Waals surface area (Å²) in [6.07, 6.45) is 3.64. The molecule has 2 unspecified atom stereocenters. The zero-order valence-corrected chi connectivity index (χ0v) is 16.4. The van der Waals surface area contributed by atoms with Crippen molar-refractivity contribution >= 4 is 23.6 Å². The van der Waals surface area contributed by atoms with Crippen LogP contribution in [-0.4, -0.2) is 59.1 Å². The van der Waals surface area contributed by atoms with Crippen molar-refractivity contribution in [3.63, 3.8) is 0 Å². The monoisotopic (exact) mass is 398 g/mol. The van der Waals surface area contributed by atoms with Gasteiger partial charge in [-0.05, 0) is 62.4 Å². The van der Waals surface area contributed by atoms with Crippen LogP contribution in [0, 0.1) is 5.92 Å². The third-order valence-corrected chi connectivity index (χ3v) is 6.09. The van der Waals surface area contributed by atoms with Crippen molar-refractivity contribution in [3.8, 4) is 0 Å². The molecule has 29 heavy (non-hydrogen) atoms. The molecule has 4 amide bonds. The Bertz CT molecular complexity index is 866. The smallest absolute Gasteiger partial charge is 0.262 e. The van der Waals surface area contributed by atoms with Gasteiger partial charge in [0.05, 0.1) is 11.1 Å². The lowest BCUT2D eigenvalue weighted by Crippen LogP contribution is -2.54. The van der Waals surface area contributed by atoms with E-state index in [1.54, 1.807) is 12.1 Å². The molecule has 3 heterocycles. The highest BCUT2D eigenvalue weighted by Crippen LogP contribution is 2.29. The largest absolute Gasteiger partial charge is 0.330 e. The van der Waals surface area contributed by atoms with Crippen molar-refractivity contribution in [3.05, 3.63) is 34.9 Å². The van der Waals surface area contributed by atoms with Gasteiger partial charge in [0.25, 0.3) is 11.8 Å². The molecule has 0 aliphatic carbocycles. The van der Waals surface area contributed by atoms with Crippen LogP contribution in [0.2, 0.25) is 0 Å². The fourth-order valence-corrected chi connectivity index (χ4v) is 4.64. The maximum Gasteiger partial charge on any atom is 0.262 e. The van der Waals surface area contributed by atoms with Crippen LogP contribution in [0.5, 0.6) is 0 Å². The summed E-state index contributed by atoms with van der Waals surface area (Å²) in [4.78, 5) is 52.6. The Labute approximate surface area is 169 Å². The number of benzene rings is 1. The molecule has 8 nitrogen and oxygen atoms in total. The number of hydrogen-bond donors (Lipinski definition) is 2. The zero-order chi connectivity index (χ0) is 20.5. The molecule has 8 heteroatoms. The fraction of sp³-hybridized carbons (Fsp3) is 0.524. The van der Waals surface area contributed by atoms with E-state index in [0.29, 0.717) is 30.1 Å². The van der Waals surface area contributed by atoms with Crippen molar-refractivity contribution in [2.75, 3.05) is 19.6 Å². The number of piperidine rings is 2. The Morgan fingerprint density at radius 3 is 2.62 bits per heavy atom. The van der Waals surface area contributed by atoms with E-state index >= 15 is 0 Å². The second-order valence-electron chi connectivity index (χ2n) is 8.15. The van der Waals surface area contributed by atoms with Crippen LogP contribution in [0.3, 0.4) is 0 Å². The van der Waals surface area contributed by atoms with Crippen LogP contribution in [0.4, 0.5) is 0 Å². The van der Waals surface area contributed by atoms with Crippen molar-refractivity contribution < 1.29 is 19.2 Å². The molecule has 0 bridgehead atoms. The summed E-state index contributed by atoms with van der Waals surface area (Å²) >= 11 is 0. The average molecular weight is 398 g/mol. The van der Waals surface area contributed by atoms with Gasteiger partial charge in [-0.15, -0.1) is 0 Å². The first-order valence-electron chi connectivity index (χ1n) is 10.2. The Balaban J connectivity index is 1.50. The number of nitrogens with two attached hydrogens (primary N) is 1. The van der Waals surface area contributed by atoms with Gasteiger partial charge in [0.1, 0.15) is 6.04 Å². The molecule has 2 atom stereocenters. The van der Waals surface area contributed by atoms with E-state index < -0.39 is 23.8 Å². The normalized spacial score (nSPS) is 25.3. The average Bonchev–Trinajstić information content (AvgIpc) is 2.93. The highest BCUT2D eigenvalue weighted by Gasteiger charge is 2.44. The van der Waals surface area contributed by atoms with Crippen LogP contribution in [0.25, 0.3) is 0 Å². The lowest BCUT2D eigenvalue weighted by atomic mass is 9.94. The first-order valence-corrected chi connectivity index (χ1v) is 10.2. The second-order valence-corrected chi connectivity index (χ2v) is 8.15. The molecule has 4 rings (SSSR count). The summed E-state index contributed by atoms with van der Waals surface area (Å²) < 4.78 is 0. The highest BCUT2D eigenvalue weighted by atomic mass is 16.2. The minimum Gasteiger partial charge on any atom is -0.330 e. The summed E-state index contributed by atoms with van der Waals surface area (Å²) in [5.74, 6) is -1.28. The molecular formula is C21H26N4O4. The number of imide groups is 2. The maximum absolute atomic E-state index is 12.9. The Kier molecular flexibility index (Phi) is 5.47. The zero-order valence-electron chi connectivity index (χ0n) is 16.4. The Morgan fingerprint density at radius 2 is 1.86 bits per heavy atom. The number of hydrogen-bond acceptors (Lipinski definition) is 6. The standard InChI is InChI=1S/C21H26N4O4/c22-8-7-13-2-1-9-24(11-13)12-14-3-4-15-16(10-14)21(29)25(20(15)28)17-5-6-18(26)23-19(17)27/h3-4,10,13,17H,1-2,5-9,11-12,22H2,(H,23,26,27). The number of rotatable bonds is 5. The fourth-order valence-electron chi connectivity index (χ4n) is 4.64. The van der Waals surface area contributed by atoms with Crippen LogP contribution >= 0.6 is 0 Å². The molecule has 0 radical (unpaired) electrons. The van der Waals surface area contributed by atoms with Gasteiger partial charge in [-0.3, -0.25) is 34.3 Å². The van der Waals surface area contributed by atoms with Gasteiger partial charge >= 0.3 is 0 Å². The van der Waals surface area contributed by atoms with E-state index in [1.807, 2.05) is 6.07 Å². The van der Waals surface area contributed by atoms with Crippen LogP contribution in [0.15, 0.2) is 18.2 Å². The van der Waals surface area contributed by atoms with Gasteiger partial charge in [-0.2, -0.15) is 0 Å². The maximum atomic E-state index is 12.9. The predicted molar refractivity (Wildman–Crippen MR) is 105 cm³/mol. The number of fused-ring (bicyclic) bond motifs is 1.